The molecule has 2 bridgehead atoms. The van der Waals surface area contributed by atoms with Crippen molar-refractivity contribution in [3.63, 3.8) is 0 Å². The lowest BCUT2D eigenvalue weighted by Gasteiger charge is -2.41. The van der Waals surface area contributed by atoms with Gasteiger partial charge in [0.2, 0.25) is 0 Å². The minimum Gasteiger partial charge on any atom is -0.550 e. The molecule has 2 aliphatic carbocycles. The van der Waals surface area contributed by atoms with Crippen LogP contribution in [0, 0.1) is 28.6 Å². The topological polar surface area (TPSA) is 60.4 Å². The van der Waals surface area contributed by atoms with Crippen LogP contribution < -0.4 is 5.11 Å². The molecule has 3 rings (SSSR count). The first-order valence-electron chi connectivity index (χ1n) is 8.23. The molecule has 2 aliphatic rings. The van der Waals surface area contributed by atoms with E-state index in [4.69, 9.17) is 0 Å². The lowest BCUT2D eigenvalue weighted by molar-refractivity contribution is -0.317. The van der Waals surface area contributed by atoms with Gasteiger partial charge in [-0.2, -0.15) is 0 Å². The monoisotopic (exact) mass is 301 g/mol. The summed E-state index contributed by atoms with van der Waals surface area (Å²) >= 11 is 0. The highest BCUT2D eigenvalue weighted by atomic mass is 16.4. The number of aliphatic hydroxyl groups is 1. The summed E-state index contributed by atoms with van der Waals surface area (Å²) in [4.78, 5) is 11.8. The number of rotatable bonds is 4. The zero-order valence-electron chi connectivity index (χ0n) is 13.6. The Morgan fingerprint density at radius 3 is 2.55 bits per heavy atom. The summed E-state index contributed by atoms with van der Waals surface area (Å²) in [6.45, 7) is 6.48. The van der Waals surface area contributed by atoms with Crippen LogP contribution in [0.4, 0.5) is 0 Å². The second-order valence-corrected chi connectivity index (χ2v) is 7.91. The first kappa shape index (κ1) is 15.5. The minimum absolute atomic E-state index is 0.00560. The van der Waals surface area contributed by atoms with Crippen LogP contribution in [0.25, 0.3) is 0 Å². The molecule has 1 N–H and O–H groups in total. The Bertz CT molecular complexity index is 565. The van der Waals surface area contributed by atoms with Crippen molar-refractivity contribution in [1.82, 2.24) is 0 Å². The van der Waals surface area contributed by atoms with E-state index in [1.807, 2.05) is 30.3 Å². The maximum Gasteiger partial charge on any atom is 0.0793 e. The third-order valence-corrected chi connectivity index (χ3v) is 6.94. The van der Waals surface area contributed by atoms with Gasteiger partial charge in [0.05, 0.1) is 6.10 Å². The molecule has 0 unspecified atom stereocenters. The van der Waals surface area contributed by atoms with Crippen LogP contribution in [-0.4, -0.2) is 11.1 Å². The first-order valence-corrected chi connectivity index (χ1v) is 8.23. The number of carboxylic acid groups (broad SMARTS) is 1. The standard InChI is InChI=1S/C19H26O3/c1-18(2)14-9-10-19(18,3)16(17(21)22)13(14)11-15(20)12-7-5-4-6-8-12/h4-8,13-16,20H,9-11H2,1-3H3,(H,21,22)/p-1/t13-,14+,15+,16+,19-/m1/s1. The summed E-state index contributed by atoms with van der Waals surface area (Å²) in [5.74, 6) is -1.06. The van der Waals surface area contributed by atoms with Gasteiger partial charge in [0.15, 0.2) is 0 Å². The van der Waals surface area contributed by atoms with Crippen molar-refractivity contribution < 1.29 is 15.0 Å². The molecule has 5 atom stereocenters. The van der Waals surface area contributed by atoms with Gasteiger partial charge in [0.25, 0.3) is 0 Å². The molecule has 0 heterocycles. The average Bonchev–Trinajstić information content (AvgIpc) is 2.78. The molecule has 2 fully saturated rings. The molecule has 0 aromatic heterocycles. The third kappa shape index (κ3) is 2.02. The molecule has 0 amide bonds. The Labute approximate surface area is 132 Å². The van der Waals surface area contributed by atoms with E-state index in [0.29, 0.717) is 12.3 Å². The van der Waals surface area contributed by atoms with E-state index in [1.165, 1.54) is 0 Å². The van der Waals surface area contributed by atoms with Crippen molar-refractivity contribution in [3.05, 3.63) is 35.9 Å². The predicted octanol–water partition coefficient (Wildman–Crippen LogP) is 2.55. The summed E-state index contributed by atoms with van der Waals surface area (Å²) < 4.78 is 0. The molecule has 0 radical (unpaired) electrons. The van der Waals surface area contributed by atoms with Gasteiger partial charge in [-0.3, -0.25) is 0 Å². The number of aliphatic carboxylic acids is 1. The maximum atomic E-state index is 11.8. The zero-order valence-corrected chi connectivity index (χ0v) is 13.6. The van der Waals surface area contributed by atoms with Gasteiger partial charge in [-0.25, -0.2) is 0 Å². The molecule has 0 saturated heterocycles. The number of hydrogen-bond donors (Lipinski definition) is 1. The molecular weight excluding hydrogens is 276 g/mol. The van der Waals surface area contributed by atoms with E-state index < -0.39 is 18.0 Å². The number of carbonyl (C=O) groups is 1. The predicted molar refractivity (Wildman–Crippen MR) is 82.6 cm³/mol. The summed E-state index contributed by atoms with van der Waals surface area (Å²) in [6.07, 6.45) is 1.90. The highest BCUT2D eigenvalue weighted by molar-refractivity contribution is 5.70. The van der Waals surface area contributed by atoms with Gasteiger partial charge < -0.3 is 15.0 Å². The molecule has 3 heteroatoms. The van der Waals surface area contributed by atoms with E-state index in [-0.39, 0.29) is 16.7 Å². The average molecular weight is 301 g/mol. The molecule has 3 nitrogen and oxygen atoms in total. The van der Waals surface area contributed by atoms with Crippen LogP contribution in [0.3, 0.4) is 0 Å². The fraction of sp³-hybridized carbons (Fsp3) is 0.632. The fourth-order valence-electron chi connectivity index (χ4n) is 5.38. The highest BCUT2D eigenvalue weighted by Crippen LogP contribution is 2.71. The van der Waals surface area contributed by atoms with Gasteiger partial charge >= 0.3 is 0 Å². The Kier molecular flexibility index (Phi) is 3.59. The second kappa shape index (κ2) is 5.09. The zero-order chi connectivity index (χ0) is 16.1. The van der Waals surface area contributed by atoms with Gasteiger partial charge in [-0.1, -0.05) is 51.1 Å². The first-order chi connectivity index (χ1) is 10.3. The number of fused-ring (bicyclic) bond motifs is 2. The minimum atomic E-state index is -0.942. The van der Waals surface area contributed by atoms with E-state index >= 15 is 0 Å². The van der Waals surface area contributed by atoms with Crippen LogP contribution in [0.2, 0.25) is 0 Å². The summed E-state index contributed by atoms with van der Waals surface area (Å²) in [7, 11) is 0. The van der Waals surface area contributed by atoms with Gasteiger partial charge in [-0.05, 0) is 47.5 Å². The Hall–Kier alpha value is -1.35. The molecule has 120 valence electrons. The van der Waals surface area contributed by atoms with E-state index in [2.05, 4.69) is 20.8 Å². The van der Waals surface area contributed by atoms with Crippen molar-refractivity contribution in [1.29, 1.82) is 0 Å². The highest BCUT2D eigenvalue weighted by Gasteiger charge is 2.66. The summed E-state index contributed by atoms with van der Waals surface area (Å²) in [6, 6.07) is 9.53. The van der Waals surface area contributed by atoms with E-state index in [1.54, 1.807) is 0 Å². The largest absolute Gasteiger partial charge is 0.550 e. The summed E-state index contributed by atoms with van der Waals surface area (Å²) in [5, 5.41) is 22.4. The lowest BCUT2D eigenvalue weighted by atomic mass is 9.65. The van der Waals surface area contributed by atoms with Crippen LogP contribution in [-0.2, 0) is 4.79 Å². The fourth-order valence-corrected chi connectivity index (χ4v) is 5.38. The van der Waals surface area contributed by atoms with Crippen LogP contribution in [0.1, 0.15) is 51.7 Å². The van der Waals surface area contributed by atoms with Crippen LogP contribution in [0.5, 0.6) is 0 Å². The molecule has 0 spiro atoms. The number of aliphatic hydroxyl groups excluding tert-OH is 1. The quantitative estimate of drug-likeness (QED) is 0.929. The smallest absolute Gasteiger partial charge is 0.0793 e. The second-order valence-electron chi connectivity index (χ2n) is 7.91. The Balaban J connectivity index is 1.88. The SMILES string of the molecule is CC1(C)[C@H]2CC[C@]1(C)[C@H](C(=O)[O-])[C@@H]2C[C@H](O)c1ccccc1. The molecule has 22 heavy (non-hydrogen) atoms. The van der Waals surface area contributed by atoms with Gasteiger partial charge in [-0.15, -0.1) is 0 Å². The van der Waals surface area contributed by atoms with Crippen molar-refractivity contribution in [2.45, 2.75) is 46.1 Å². The maximum absolute atomic E-state index is 11.8. The molecule has 0 aliphatic heterocycles. The van der Waals surface area contributed by atoms with Gasteiger partial charge in [0.1, 0.15) is 0 Å². The molecule has 2 saturated carbocycles. The van der Waals surface area contributed by atoms with Crippen molar-refractivity contribution in [2.24, 2.45) is 28.6 Å². The van der Waals surface area contributed by atoms with Gasteiger partial charge in [0, 0.05) is 11.9 Å². The Morgan fingerprint density at radius 2 is 1.95 bits per heavy atom. The number of hydrogen-bond acceptors (Lipinski definition) is 3. The van der Waals surface area contributed by atoms with Crippen LogP contribution in [0.15, 0.2) is 30.3 Å². The van der Waals surface area contributed by atoms with Crippen molar-refractivity contribution >= 4 is 5.97 Å². The summed E-state index contributed by atoms with van der Waals surface area (Å²) in [5.41, 5.74) is 0.626. The van der Waals surface area contributed by atoms with E-state index in [0.717, 1.165) is 18.4 Å². The third-order valence-electron chi connectivity index (χ3n) is 6.94. The van der Waals surface area contributed by atoms with Crippen molar-refractivity contribution in [2.75, 3.05) is 0 Å². The van der Waals surface area contributed by atoms with E-state index in [9.17, 15) is 15.0 Å². The molecule has 1 aromatic carbocycles. The Morgan fingerprint density at radius 1 is 1.32 bits per heavy atom. The molecule has 1 aromatic rings. The van der Waals surface area contributed by atoms with Crippen molar-refractivity contribution in [3.8, 4) is 0 Å². The number of carbonyl (C=O) groups excluding carboxylic acids is 1. The normalized spacial score (nSPS) is 37.2. The number of carboxylic acids is 1. The molecular formula is C19H25O3-. The lowest BCUT2D eigenvalue weighted by Crippen LogP contribution is -2.45. The number of benzene rings is 1. The van der Waals surface area contributed by atoms with Crippen LogP contribution >= 0.6 is 0 Å².